The van der Waals surface area contributed by atoms with E-state index in [1.54, 1.807) is 24.3 Å². The van der Waals surface area contributed by atoms with E-state index in [0.29, 0.717) is 72.3 Å². The summed E-state index contributed by atoms with van der Waals surface area (Å²) >= 11 is 0. The minimum atomic E-state index is -1.34. The molecule has 2 aliphatic heterocycles. The average molecular weight is 588 g/mol. The zero-order chi connectivity index (χ0) is 29.0. The number of carbonyl (C=O) groups is 3. The van der Waals surface area contributed by atoms with Gasteiger partial charge in [0.15, 0.2) is 11.6 Å². The fourth-order valence-corrected chi connectivity index (χ4v) is 6.45. The van der Waals surface area contributed by atoms with Gasteiger partial charge < -0.3 is 29.3 Å². The first-order chi connectivity index (χ1) is 20.4. The van der Waals surface area contributed by atoms with Crippen LogP contribution in [-0.4, -0.2) is 52.4 Å². The number of piperidine rings is 1. The Balaban J connectivity index is 0.00000329. The molecule has 1 N–H and O–H groups in total. The largest absolute Gasteiger partial charge is 1.00 e. The van der Waals surface area contributed by atoms with Crippen LogP contribution in [-0.2, 0) is 0 Å². The number of nitrogens with one attached hydrogen (secondary N) is 1. The van der Waals surface area contributed by atoms with Crippen LogP contribution in [0, 0.1) is 5.92 Å². The van der Waals surface area contributed by atoms with Crippen molar-refractivity contribution in [3.05, 3.63) is 77.7 Å². The maximum atomic E-state index is 14.5. The summed E-state index contributed by atoms with van der Waals surface area (Å²) in [5.74, 6) is -1.92. The Morgan fingerprint density at radius 1 is 1.07 bits per heavy atom. The monoisotopic (exact) mass is 587 g/mol. The van der Waals surface area contributed by atoms with Crippen LogP contribution in [0.15, 0.2) is 61.1 Å². The van der Waals surface area contributed by atoms with E-state index in [0.717, 1.165) is 23.7 Å². The van der Waals surface area contributed by atoms with E-state index in [2.05, 4.69) is 14.9 Å². The number of rotatable bonds is 7. The number of hydrogen-bond acceptors (Lipinski definition) is 8. The SMILES string of the molecule is CCOc1cc(C(=O)[C@@H]2C(=O)c3cc(-c4cncc(C(=O)[O-])c4)ccc3OC23CCNCC3)cc2c1ccn2C1CC1.[Na+]. The van der Waals surface area contributed by atoms with Crippen molar-refractivity contribution < 1.29 is 58.5 Å². The van der Waals surface area contributed by atoms with Gasteiger partial charge in [-0.25, -0.2) is 0 Å². The molecular weight excluding hydrogens is 557 g/mol. The van der Waals surface area contributed by atoms with Gasteiger partial charge in [0.2, 0.25) is 0 Å². The number of ether oxygens (including phenoxy) is 2. The molecule has 0 amide bonds. The predicted octanol–water partition coefficient (Wildman–Crippen LogP) is 1.00. The molecule has 0 unspecified atom stereocenters. The molecule has 1 atom stereocenters. The van der Waals surface area contributed by atoms with Crippen LogP contribution in [0.2, 0.25) is 0 Å². The molecule has 1 saturated carbocycles. The second kappa shape index (κ2) is 11.5. The Bertz CT molecular complexity index is 1750. The number of pyridine rings is 1. The van der Waals surface area contributed by atoms with Gasteiger partial charge in [0.05, 0.1) is 23.7 Å². The van der Waals surface area contributed by atoms with Crippen molar-refractivity contribution in [2.45, 2.75) is 44.2 Å². The number of aromatic carboxylic acids is 1. The fraction of sp³-hybridized carbons (Fsp3) is 0.333. The van der Waals surface area contributed by atoms with Crippen molar-refractivity contribution >= 4 is 28.4 Å². The van der Waals surface area contributed by atoms with Gasteiger partial charge in [-0.2, -0.15) is 0 Å². The van der Waals surface area contributed by atoms with E-state index in [4.69, 9.17) is 9.47 Å². The molecule has 2 aromatic heterocycles. The quantitative estimate of drug-likeness (QED) is 0.193. The first-order valence-electron chi connectivity index (χ1n) is 14.4. The van der Waals surface area contributed by atoms with E-state index in [1.165, 1.54) is 18.5 Å². The third-order valence-corrected chi connectivity index (χ3v) is 8.69. The van der Waals surface area contributed by atoms with Crippen LogP contribution in [0.3, 0.4) is 0 Å². The van der Waals surface area contributed by atoms with Crippen molar-refractivity contribution in [1.29, 1.82) is 0 Å². The van der Waals surface area contributed by atoms with Gasteiger partial charge >= 0.3 is 29.6 Å². The number of ketones is 2. The van der Waals surface area contributed by atoms with E-state index < -0.39 is 17.5 Å². The maximum absolute atomic E-state index is 14.5. The molecular formula is C33H30N3NaO6. The molecule has 1 saturated heterocycles. The van der Waals surface area contributed by atoms with Gasteiger partial charge in [-0.15, -0.1) is 0 Å². The molecule has 3 aliphatic rings. The number of carboxylic acid groups (broad SMARTS) is 1. The molecule has 0 radical (unpaired) electrons. The summed E-state index contributed by atoms with van der Waals surface area (Å²) in [6, 6.07) is 12.7. The normalized spacial score (nSPS) is 18.9. The zero-order valence-electron chi connectivity index (χ0n) is 24.2. The topological polar surface area (TPSA) is 123 Å². The number of nitrogens with zero attached hydrogens (tertiary/aromatic N) is 2. The molecule has 2 fully saturated rings. The molecule has 2 aromatic carbocycles. The van der Waals surface area contributed by atoms with Crippen molar-refractivity contribution in [2.75, 3.05) is 19.7 Å². The van der Waals surface area contributed by atoms with E-state index >= 15 is 0 Å². The van der Waals surface area contributed by atoms with Crippen molar-refractivity contribution in [1.82, 2.24) is 14.9 Å². The van der Waals surface area contributed by atoms with Crippen molar-refractivity contribution in [2.24, 2.45) is 5.92 Å². The summed E-state index contributed by atoms with van der Waals surface area (Å²) in [5.41, 5.74) is 1.72. The predicted molar refractivity (Wildman–Crippen MR) is 153 cm³/mol. The summed E-state index contributed by atoms with van der Waals surface area (Å²) in [7, 11) is 0. The summed E-state index contributed by atoms with van der Waals surface area (Å²) in [5, 5.41) is 15.7. The molecule has 4 aromatic rings. The van der Waals surface area contributed by atoms with Crippen LogP contribution in [0.1, 0.15) is 69.7 Å². The Morgan fingerprint density at radius 2 is 1.86 bits per heavy atom. The average Bonchev–Trinajstić information content (AvgIpc) is 3.75. The Morgan fingerprint density at radius 3 is 2.58 bits per heavy atom. The summed E-state index contributed by atoms with van der Waals surface area (Å²) in [6.07, 6.45) is 7.99. The second-order valence-corrected chi connectivity index (χ2v) is 11.3. The number of aromatic nitrogens is 2. The molecule has 10 heteroatoms. The standard InChI is InChI=1S/C33H31N3O6.Na/c1-2-41-28-16-20(15-26-24(28)7-12-36(26)23-4-5-23)30(37)29-31(38)25-14-19(21-13-22(32(39)40)18-35-17-21)3-6-27(25)42-33(29)8-10-34-11-9-33;/h3,6-7,12-18,23,29,34H,2,4-5,8-11H2,1H3,(H,39,40);/q;+1/p-1/t29-;/m1./s1. The Hall–Kier alpha value is -3.50. The van der Waals surface area contributed by atoms with Crippen LogP contribution >= 0.6 is 0 Å². The van der Waals surface area contributed by atoms with Gasteiger partial charge in [-0.1, -0.05) is 6.07 Å². The van der Waals surface area contributed by atoms with E-state index in [1.807, 2.05) is 25.3 Å². The molecule has 214 valence electrons. The number of fused-ring (bicyclic) bond motifs is 2. The molecule has 4 heterocycles. The molecule has 43 heavy (non-hydrogen) atoms. The summed E-state index contributed by atoms with van der Waals surface area (Å²) < 4.78 is 14.8. The number of carbonyl (C=O) groups excluding carboxylic acids is 3. The van der Waals surface area contributed by atoms with Crippen LogP contribution in [0.5, 0.6) is 11.5 Å². The van der Waals surface area contributed by atoms with E-state index in [9.17, 15) is 19.5 Å². The first-order valence-corrected chi connectivity index (χ1v) is 14.4. The van der Waals surface area contributed by atoms with Gasteiger partial charge in [-0.05, 0) is 74.8 Å². The molecule has 1 aliphatic carbocycles. The van der Waals surface area contributed by atoms with Gasteiger partial charge in [0.25, 0.3) is 0 Å². The zero-order valence-corrected chi connectivity index (χ0v) is 26.2. The number of Topliss-reactive ketones (excluding diaryl/α,β-unsaturated/α-hetero) is 2. The van der Waals surface area contributed by atoms with Crippen molar-refractivity contribution in [3.63, 3.8) is 0 Å². The van der Waals surface area contributed by atoms with Gasteiger partial charge in [0, 0.05) is 59.6 Å². The van der Waals surface area contributed by atoms with Crippen LogP contribution in [0.4, 0.5) is 0 Å². The van der Waals surface area contributed by atoms with E-state index in [-0.39, 0.29) is 46.7 Å². The smallest absolute Gasteiger partial charge is 0.545 e. The fourth-order valence-electron chi connectivity index (χ4n) is 6.45. The Kier molecular flexibility index (Phi) is 7.93. The molecule has 7 rings (SSSR count). The third kappa shape index (κ3) is 5.18. The number of carboxylic acids is 1. The van der Waals surface area contributed by atoms with Crippen molar-refractivity contribution in [3.8, 4) is 22.6 Å². The van der Waals surface area contributed by atoms with Gasteiger partial charge in [0.1, 0.15) is 23.0 Å². The third-order valence-electron chi connectivity index (χ3n) is 8.69. The Labute approximate surface area is 270 Å². The summed E-state index contributed by atoms with van der Waals surface area (Å²) in [6.45, 7) is 3.61. The second-order valence-electron chi connectivity index (χ2n) is 11.3. The number of benzene rings is 2. The number of hydrogen-bond donors (Lipinski definition) is 1. The molecule has 1 spiro atoms. The maximum Gasteiger partial charge on any atom is 1.00 e. The van der Waals surface area contributed by atoms with Gasteiger partial charge in [-0.3, -0.25) is 14.6 Å². The van der Waals surface area contributed by atoms with Crippen LogP contribution in [0.25, 0.3) is 22.0 Å². The minimum absolute atomic E-state index is 0. The first kappa shape index (κ1) is 29.6. The minimum Gasteiger partial charge on any atom is -0.545 e. The molecule has 9 nitrogen and oxygen atoms in total. The molecule has 0 bridgehead atoms. The van der Waals surface area contributed by atoms with Crippen LogP contribution < -0.4 is 49.5 Å². The summed E-state index contributed by atoms with van der Waals surface area (Å²) in [4.78, 5) is 44.3.